The summed E-state index contributed by atoms with van der Waals surface area (Å²) in [7, 11) is 1.61. The maximum absolute atomic E-state index is 14.2. The first-order chi connectivity index (χ1) is 21.8. The highest BCUT2D eigenvalue weighted by atomic mass is 32.2. The third-order valence-electron chi connectivity index (χ3n) is 7.58. The Morgan fingerprint density at radius 2 is 1.58 bits per heavy atom. The van der Waals surface area contributed by atoms with Gasteiger partial charge >= 0.3 is 0 Å². The molecular weight excluding hydrogens is 586 g/mol. The molecule has 9 nitrogen and oxygen atoms in total. The van der Waals surface area contributed by atoms with Gasteiger partial charge in [-0.2, -0.15) is 0 Å². The Kier molecular flexibility index (Phi) is 10.7. The highest BCUT2D eigenvalue weighted by Crippen LogP contribution is 2.29. The van der Waals surface area contributed by atoms with Crippen molar-refractivity contribution in [3.05, 3.63) is 107 Å². The zero-order valence-corrected chi connectivity index (χ0v) is 27.0. The highest BCUT2D eigenvalue weighted by Gasteiger charge is 2.32. The first kappa shape index (κ1) is 32.0. The van der Waals surface area contributed by atoms with E-state index in [0.29, 0.717) is 29.8 Å². The average Bonchev–Trinajstić information content (AvgIpc) is 3.05. The molecule has 1 aliphatic heterocycles. The molecule has 1 aliphatic rings. The number of nitrogens with zero attached hydrogens (tertiary/aromatic N) is 4. The zero-order valence-electron chi connectivity index (χ0n) is 26.2. The van der Waals surface area contributed by atoms with E-state index in [9.17, 15) is 9.59 Å². The van der Waals surface area contributed by atoms with Crippen molar-refractivity contribution in [2.45, 2.75) is 38.5 Å². The van der Waals surface area contributed by atoms with Crippen molar-refractivity contribution < 1.29 is 19.1 Å². The van der Waals surface area contributed by atoms with Crippen molar-refractivity contribution in [3.8, 4) is 5.75 Å². The molecule has 1 atom stereocenters. The Hall–Kier alpha value is -4.41. The van der Waals surface area contributed by atoms with E-state index < -0.39 is 6.04 Å². The van der Waals surface area contributed by atoms with Gasteiger partial charge in [0.05, 0.1) is 26.1 Å². The van der Waals surface area contributed by atoms with Crippen molar-refractivity contribution in [1.29, 1.82) is 0 Å². The number of amides is 2. The normalized spacial score (nSPS) is 13.6. The SMILES string of the molecule is COc1ccc(CN(C(=O)CSc2nc(C)cc(C)n2)C(C(=O)Nc2ccc(N3CCOCC3)cc2)c2ccc(C)cc2)cc1. The minimum absolute atomic E-state index is 0.0724. The van der Waals surface area contributed by atoms with Crippen molar-refractivity contribution in [1.82, 2.24) is 14.9 Å². The lowest BCUT2D eigenvalue weighted by Crippen LogP contribution is -2.41. The van der Waals surface area contributed by atoms with Gasteiger partial charge in [-0.15, -0.1) is 0 Å². The van der Waals surface area contributed by atoms with Crippen LogP contribution in [0.2, 0.25) is 0 Å². The molecule has 0 spiro atoms. The van der Waals surface area contributed by atoms with Gasteiger partial charge < -0.3 is 24.6 Å². The summed E-state index contributed by atoms with van der Waals surface area (Å²) in [6, 6.07) is 24.1. The van der Waals surface area contributed by atoms with Crippen LogP contribution in [0.5, 0.6) is 5.75 Å². The Balaban J connectivity index is 1.44. The quantitative estimate of drug-likeness (QED) is 0.166. The van der Waals surface area contributed by atoms with Gasteiger partial charge in [0.15, 0.2) is 5.16 Å². The van der Waals surface area contributed by atoms with Crippen LogP contribution in [0.25, 0.3) is 0 Å². The molecule has 1 saturated heterocycles. The fourth-order valence-corrected chi connectivity index (χ4v) is 6.06. The number of aryl methyl sites for hydroxylation is 3. The standard InChI is InChI=1S/C35H39N5O4S/c1-24-5-9-28(10-6-24)33(34(42)38-29-11-13-30(14-12-29)39-17-19-44-20-18-39)40(22-27-7-15-31(43-4)16-8-27)32(41)23-45-35-36-25(2)21-26(3)37-35/h5-16,21,33H,17-20,22-23H2,1-4H3,(H,38,42). The van der Waals surface area contributed by atoms with E-state index in [-0.39, 0.29) is 24.1 Å². The molecule has 3 aromatic carbocycles. The number of rotatable bonds is 11. The molecule has 1 unspecified atom stereocenters. The summed E-state index contributed by atoms with van der Waals surface area (Å²) in [6.45, 7) is 9.08. The van der Waals surface area contributed by atoms with Crippen LogP contribution in [0, 0.1) is 20.8 Å². The number of thioether (sulfide) groups is 1. The lowest BCUT2D eigenvalue weighted by molar-refractivity contribution is -0.137. The molecule has 2 heterocycles. The van der Waals surface area contributed by atoms with E-state index in [1.807, 2.05) is 99.6 Å². The number of benzene rings is 3. The number of carbonyl (C=O) groups is 2. The Morgan fingerprint density at radius 3 is 2.20 bits per heavy atom. The second-order valence-electron chi connectivity index (χ2n) is 11.0. The smallest absolute Gasteiger partial charge is 0.251 e. The first-order valence-electron chi connectivity index (χ1n) is 15.0. The van der Waals surface area contributed by atoms with Crippen molar-refractivity contribution >= 4 is 35.0 Å². The van der Waals surface area contributed by atoms with Gasteiger partial charge in [0.1, 0.15) is 11.8 Å². The molecule has 0 aliphatic carbocycles. The minimum Gasteiger partial charge on any atom is -0.497 e. The number of hydrogen-bond acceptors (Lipinski definition) is 8. The van der Waals surface area contributed by atoms with E-state index in [2.05, 4.69) is 20.2 Å². The molecular formula is C35H39N5O4S. The number of hydrogen-bond donors (Lipinski definition) is 1. The number of ether oxygens (including phenoxy) is 2. The van der Waals surface area contributed by atoms with Crippen molar-refractivity contribution in [2.24, 2.45) is 0 Å². The van der Waals surface area contributed by atoms with Crippen molar-refractivity contribution in [2.75, 3.05) is 49.4 Å². The summed E-state index contributed by atoms with van der Waals surface area (Å²) in [6.07, 6.45) is 0. The van der Waals surface area contributed by atoms with E-state index in [0.717, 1.165) is 46.9 Å². The number of methoxy groups -OCH3 is 1. The van der Waals surface area contributed by atoms with Gasteiger partial charge in [-0.05, 0) is 74.4 Å². The molecule has 45 heavy (non-hydrogen) atoms. The molecule has 5 rings (SSSR count). The molecule has 0 bridgehead atoms. The van der Waals surface area contributed by atoms with Gasteiger partial charge in [-0.3, -0.25) is 9.59 Å². The second-order valence-corrected chi connectivity index (χ2v) is 12.0. The molecule has 1 aromatic heterocycles. The van der Waals surface area contributed by atoms with Gasteiger partial charge in [-0.1, -0.05) is 53.7 Å². The number of anilines is 2. The summed E-state index contributed by atoms with van der Waals surface area (Å²) in [5, 5.41) is 3.62. The zero-order chi connectivity index (χ0) is 31.8. The third-order valence-corrected chi connectivity index (χ3v) is 8.42. The van der Waals surface area contributed by atoms with Gasteiger partial charge in [0, 0.05) is 42.4 Å². The lowest BCUT2D eigenvalue weighted by Gasteiger charge is -2.32. The van der Waals surface area contributed by atoms with Crippen LogP contribution in [-0.2, 0) is 20.9 Å². The molecule has 2 amide bonds. The Bertz CT molecular complexity index is 1570. The summed E-state index contributed by atoms with van der Waals surface area (Å²) in [4.78, 5) is 41.2. The number of aromatic nitrogens is 2. The number of carbonyl (C=O) groups excluding carboxylic acids is 2. The third kappa shape index (κ3) is 8.61. The molecule has 234 valence electrons. The molecule has 4 aromatic rings. The van der Waals surface area contributed by atoms with Gasteiger partial charge in [0.2, 0.25) is 5.91 Å². The topological polar surface area (TPSA) is 96.9 Å². The summed E-state index contributed by atoms with van der Waals surface area (Å²) >= 11 is 1.27. The highest BCUT2D eigenvalue weighted by molar-refractivity contribution is 7.99. The predicted octanol–water partition coefficient (Wildman–Crippen LogP) is 5.75. The molecule has 0 radical (unpaired) electrons. The summed E-state index contributed by atoms with van der Waals surface area (Å²) in [5.41, 5.74) is 6.06. The first-order valence-corrected chi connectivity index (χ1v) is 16.0. The van der Waals surface area contributed by atoms with Gasteiger partial charge in [-0.25, -0.2) is 9.97 Å². The van der Waals surface area contributed by atoms with Gasteiger partial charge in [0.25, 0.3) is 5.91 Å². The van der Waals surface area contributed by atoms with Crippen LogP contribution in [0.4, 0.5) is 11.4 Å². The fourth-order valence-electron chi connectivity index (χ4n) is 5.23. The maximum Gasteiger partial charge on any atom is 0.251 e. The maximum atomic E-state index is 14.2. The monoisotopic (exact) mass is 625 g/mol. The van der Waals surface area contributed by atoms with Crippen LogP contribution in [0.15, 0.2) is 84.0 Å². The van der Waals surface area contributed by atoms with E-state index >= 15 is 0 Å². The van der Waals surface area contributed by atoms with Crippen LogP contribution in [0.3, 0.4) is 0 Å². The number of nitrogens with one attached hydrogen (secondary N) is 1. The molecule has 10 heteroatoms. The second kappa shape index (κ2) is 15.0. The largest absolute Gasteiger partial charge is 0.497 e. The van der Waals surface area contributed by atoms with E-state index in [1.54, 1.807) is 12.0 Å². The molecule has 1 fully saturated rings. The predicted molar refractivity (Wildman–Crippen MR) is 178 cm³/mol. The number of morpholine rings is 1. The van der Waals surface area contributed by atoms with Crippen LogP contribution < -0.4 is 15.0 Å². The molecule has 1 N–H and O–H groups in total. The van der Waals surface area contributed by atoms with Crippen LogP contribution in [0.1, 0.15) is 34.1 Å². The Labute approximate surface area is 269 Å². The summed E-state index contributed by atoms with van der Waals surface area (Å²) < 4.78 is 10.8. The Morgan fingerprint density at radius 1 is 0.933 bits per heavy atom. The van der Waals surface area contributed by atoms with Crippen molar-refractivity contribution in [3.63, 3.8) is 0 Å². The lowest BCUT2D eigenvalue weighted by atomic mass is 10.0. The van der Waals surface area contributed by atoms with E-state index in [4.69, 9.17) is 9.47 Å². The molecule has 0 saturated carbocycles. The fraction of sp³-hybridized carbons (Fsp3) is 0.314. The summed E-state index contributed by atoms with van der Waals surface area (Å²) in [5.74, 6) is 0.283. The van der Waals surface area contributed by atoms with E-state index in [1.165, 1.54) is 11.8 Å². The average molecular weight is 626 g/mol. The van der Waals surface area contributed by atoms with Crippen LogP contribution in [-0.4, -0.2) is 65.8 Å². The minimum atomic E-state index is -0.889. The van der Waals surface area contributed by atoms with Crippen LogP contribution >= 0.6 is 11.8 Å².